The molecule has 1 N–H and O–H groups in total. The van der Waals surface area contributed by atoms with E-state index in [1.807, 2.05) is 0 Å². The molecule has 1 atom stereocenters. The van der Waals surface area contributed by atoms with E-state index in [-0.39, 0.29) is 0 Å². The van der Waals surface area contributed by atoms with Crippen LogP contribution in [0.5, 0.6) is 0 Å². The zero-order valence-corrected chi connectivity index (χ0v) is 11.2. The van der Waals surface area contributed by atoms with E-state index in [1.165, 1.54) is 6.42 Å². The molecule has 1 heterocycles. The lowest BCUT2D eigenvalue weighted by atomic mass is 9.95. The zero-order valence-electron chi connectivity index (χ0n) is 10.4. The van der Waals surface area contributed by atoms with Crippen LogP contribution in [0.1, 0.15) is 34.1 Å². The van der Waals surface area contributed by atoms with Crippen LogP contribution < -0.4 is 5.32 Å². The predicted octanol–water partition coefficient (Wildman–Crippen LogP) is 2.49. The summed E-state index contributed by atoms with van der Waals surface area (Å²) in [6.07, 6.45) is 1.29. The quantitative estimate of drug-likeness (QED) is 0.747. The van der Waals surface area contributed by atoms with Crippen LogP contribution in [0.25, 0.3) is 0 Å². The van der Waals surface area contributed by atoms with Crippen molar-refractivity contribution >= 4 is 17.3 Å². The molecular formula is C12H24N2S. The lowest BCUT2D eigenvalue weighted by Gasteiger charge is -2.22. The molecule has 0 aromatic heterocycles. The molecule has 0 aromatic rings. The summed E-state index contributed by atoms with van der Waals surface area (Å²) in [4.78, 5) is 2.32. The van der Waals surface area contributed by atoms with Gasteiger partial charge in [0, 0.05) is 19.6 Å². The monoisotopic (exact) mass is 228 g/mol. The molecule has 0 aromatic carbocycles. The summed E-state index contributed by atoms with van der Waals surface area (Å²) in [5, 5.41) is 4.29. The molecular weight excluding hydrogens is 204 g/mol. The van der Waals surface area contributed by atoms with Crippen LogP contribution in [0.4, 0.5) is 0 Å². The lowest BCUT2D eigenvalue weighted by Crippen LogP contribution is -2.40. The van der Waals surface area contributed by atoms with Gasteiger partial charge < -0.3 is 10.2 Å². The van der Waals surface area contributed by atoms with Crippen molar-refractivity contribution in [2.24, 2.45) is 17.8 Å². The Morgan fingerprint density at radius 1 is 1.40 bits per heavy atom. The molecule has 15 heavy (non-hydrogen) atoms. The smallest absolute Gasteiger partial charge is 0.168 e. The number of likely N-dealkylation sites (tertiary alicyclic amines) is 1. The van der Waals surface area contributed by atoms with E-state index >= 15 is 0 Å². The van der Waals surface area contributed by atoms with Crippen molar-refractivity contribution in [3.8, 4) is 0 Å². The van der Waals surface area contributed by atoms with Crippen molar-refractivity contribution in [1.29, 1.82) is 0 Å². The average Bonchev–Trinajstić information content (AvgIpc) is 2.62. The number of hydrogen-bond donors (Lipinski definition) is 1. The van der Waals surface area contributed by atoms with Gasteiger partial charge in [0.05, 0.1) is 0 Å². The van der Waals surface area contributed by atoms with Gasteiger partial charge in [-0.25, -0.2) is 0 Å². The van der Waals surface area contributed by atoms with Gasteiger partial charge in [0.15, 0.2) is 5.11 Å². The molecule has 1 saturated heterocycles. The Labute approximate surface area is 99.4 Å². The summed E-state index contributed by atoms with van der Waals surface area (Å²) in [6, 6.07) is 0. The lowest BCUT2D eigenvalue weighted by molar-refractivity contribution is 0.386. The van der Waals surface area contributed by atoms with E-state index in [4.69, 9.17) is 12.2 Å². The minimum Gasteiger partial charge on any atom is -0.362 e. The van der Waals surface area contributed by atoms with E-state index in [9.17, 15) is 0 Å². The molecule has 1 aliphatic rings. The number of rotatable bonds is 3. The fraction of sp³-hybridized carbons (Fsp3) is 0.917. The van der Waals surface area contributed by atoms with Gasteiger partial charge >= 0.3 is 0 Å². The molecule has 3 heteroatoms. The third-order valence-corrected chi connectivity index (χ3v) is 3.52. The highest BCUT2D eigenvalue weighted by molar-refractivity contribution is 7.80. The summed E-state index contributed by atoms with van der Waals surface area (Å²) < 4.78 is 0. The maximum Gasteiger partial charge on any atom is 0.168 e. The number of thiocarbonyl (C=S) groups is 1. The second-order valence-electron chi connectivity index (χ2n) is 5.32. The van der Waals surface area contributed by atoms with Crippen molar-refractivity contribution in [2.45, 2.75) is 34.1 Å². The highest BCUT2D eigenvalue weighted by Crippen LogP contribution is 2.23. The molecule has 0 spiro atoms. The first-order valence-electron chi connectivity index (χ1n) is 6.03. The SMILES string of the molecule is CC(C)CNC(=S)N1CCC(C(C)C)C1. The van der Waals surface area contributed by atoms with E-state index in [1.54, 1.807) is 0 Å². The van der Waals surface area contributed by atoms with Crippen molar-refractivity contribution in [3.05, 3.63) is 0 Å². The Hall–Kier alpha value is -0.310. The van der Waals surface area contributed by atoms with Crippen LogP contribution >= 0.6 is 12.2 Å². The first kappa shape index (κ1) is 12.8. The summed E-state index contributed by atoms with van der Waals surface area (Å²) in [5.74, 6) is 2.26. The van der Waals surface area contributed by atoms with Crippen LogP contribution in [0.3, 0.4) is 0 Å². The van der Waals surface area contributed by atoms with Crippen LogP contribution in [0.15, 0.2) is 0 Å². The molecule has 2 nitrogen and oxygen atoms in total. The topological polar surface area (TPSA) is 15.3 Å². The van der Waals surface area contributed by atoms with Crippen LogP contribution in [0.2, 0.25) is 0 Å². The Balaban J connectivity index is 2.30. The fourth-order valence-corrected chi connectivity index (χ4v) is 2.17. The first-order chi connectivity index (χ1) is 7.00. The van der Waals surface area contributed by atoms with Gasteiger partial charge in [-0.1, -0.05) is 27.7 Å². The van der Waals surface area contributed by atoms with E-state index in [0.717, 1.165) is 36.6 Å². The molecule has 1 rings (SSSR count). The Morgan fingerprint density at radius 2 is 2.07 bits per heavy atom. The van der Waals surface area contributed by atoms with Gasteiger partial charge in [-0.3, -0.25) is 0 Å². The average molecular weight is 228 g/mol. The molecule has 1 fully saturated rings. The second kappa shape index (κ2) is 5.69. The highest BCUT2D eigenvalue weighted by atomic mass is 32.1. The Kier molecular flexibility index (Phi) is 4.84. The highest BCUT2D eigenvalue weighted by Gasteiger charge is 2.26. The van der Waals surface area contributed by atoms with Crippen LogP contribution in [0, 0.1) is 17.8 Å². The summed E-state index contributed by atoms with van der Waals surface area (Å²) in [7, 11) is 0. The van der Waals surface area contributed by atoms with Crippen molar-refractivity contribution in [2.75, 3.05) is 19.6 Å². The molecule has 0 amide bonds. The third kappa shape index (κ3) is 3.98. The van der Waals surface area contributed by atoms with Gasteiger partial charge in [0.2, 0.25) is 0 Å². The second-order valence-corrected chi connectivity index (χ2v) is 5.71. The number of hydrogen-bond acceptors (Lipinski definition) is 1. The number of nitrogens with one attached hydrogen (secondary N) is 1. The maximum absolute atomic E-state index is 5.39. The van der Waals surface area contributed by atoms with Crippen molar-refractivity contribution in [3.63, 3.8) is 0 Å². The molecule has 0 aliphatic carbocycles. The summed E-state index contributed by atoms with van der Waals surface area (Å²) in [6.45, 7) is 12.3. The summed E-state index contributed by atoms with van der Waals surface area (Å²) >= 11 is 5.39. The number of nitrogens with zero attached hydrogens (tertiary/aromatic N) is 1. The zero-order chi connectivity index (χ0) is 11.4. The Bertz CT molecular complexity index is 214. The van der Waals surface area contributed by atoms with Gasteiger partial charge in [0.1, 0.15) is 0 Å². The molecule has 1 aliphatic heterocycles. The molecule has 88 valence electrons. The van der Waals surface area contributed by atoms with E-state index < -0.39 is 0 Å². The standard InChI is InChI=1S/C12H24N2S/c1-9(2)7-13-12(15)14-6-5-11(8-14)10(3)4/h9-11H,5-8H2,1-4H3,(H,13,15). The molecule has 0 radical (unpaired) electrons. The van der Waals surface area contributed by atoms with Gasteiger partial charge in [-0.2, -0.15) is 0 Å². The van der Waals surface area contributed by atoms with Crippen LogP contribution in [-0.2, 0) is 0 Å². The Morgan fingerprint density at radius 3 is 2.53 bits per heavy atom. The first-order valence-corrected chi connectivity index (χ1v) is 6.44. The van der Waals surface area contributed by atoms with Gasteiger partial charge in [-0.15, -0.1) is 0 Å². The summed E-state index contributed by atoms with van der Waals surface area (Å²) in [5.41, 5.74) is 0. The van der Waals surface area contributed by atoms with Gasteiger partial charge in [-0.05, 0) is 36.4 Å². The predicted molar refractivity (Wildman–Crippen MR) is 70.0 cm³/mol. The maximum atomic E-state index is 5.39. The molecule has 1 unspecified atom stereocenters. The fourth-order valence-electron chi connectivity index (χ4n) is 1.92. The largest absolute Gasteiger partial charge is 0.362 e. The molecule has 0 saturated carbocycles. The van der Waals surface area contributed by atoms with Crippen LogP contribution in [-0.4, -0.2) is 29.6 Å². The molecule has 0 bridgehead atoms. The normalized spacial score (nSPS) is 21.5. The van der Waals surface area contributed by atoms with Crippen molar-refractivity contribution < 1.29 is 0 Å². The third-order valence-electron chi connectivity index (χ3n) is 3.12. The van der Waals surface area contributed by atoms with Gasteiger partial charge in [0.25, 0.3) is 0 Å². The minimum atomic E-state index is 0.659. The van der Waals surface area contributed by atoms with E-state index in [0.29, 0.717) is 5.92 Å². The van der Waals surface area contributed by atoms with Crippen molar-refractivity contribution in [1.82, 2.24) is 10.2 Å². The van der Waals surface area contributed by atoms with E-state index in [2.05, 4.69) is 37.9 Å². The minimum absolute atomic E-state index is 0.659.